The van der Waals surface area contributed by atoms with Gasteiger partial charge in [-0.05, 0) is 43.0 Å². The summed E-state index contributed by atoms with van der Waals surface area (Å²) in [5.74, 6) is -1.33. The topological polar surface area (TPSA) is 80.7 Å². The maximum Gasteiger partial charge on any atom is 0.335 e. The molecule has 5 nitrogen and oxygen atoms in total. The van der Waals surface area contributed by atoms with E-state index in [0.29, 0.717) is 12.8 Å². The van der Waals surface area contributed by atoms with E-state index in [0.717, 1.165) is 43.7 Å². The second-order valence-electron chi connectivity index (χ2n) is 9.73. The largest absolute Gasteiger partial charge is 0.478 e. The van der Waals surface area contributed by atoms with Crippen molar-refractivity contribution in [1.29, 1.82) is 0 Å². The lowest BCUT2D eigenvalue weighted by Crippen LogP contribution is -2.11. The van der Waals surface area contributed by atoms with E-state index in [1.807, 2.05) is 0 Å². The van der Waals surface area contributed by atoms with Crippen LogP contribution >= 0.6 is 0 Å². The van der Waals surface area contributed by atoms with Gasteiger partial charge in [0.2, 0.25) is 0 Å². The number of hydrogen-bond donors (Lipinski definition) is 1. The molecule has 0 heterocycles. The number of esters is 2. The third kappa shape index (κ3) is 21.1. The molecule has 0 amide bonds. The minimum atomic E-state index is -1.04. The lowest BCUT2D eigenvalue weighted by Gasteiger charge is -2.09. The van der Waals surface area contributed by atoms with Crippen molar-refractivity contribution in [3.05, 3.63) is 35.6 Å². The summed E-state index contributed by atoms with van der Waals surface area (Å²) in [7, 11) is 0. The highest BCUT2D eigenvalue weighted by Gasteiger charge is 2.10. The number of hydrogen-bond acceptors (Lipinski definition) is 4. The molecule has 0 saturated heterocycles. The number of aromatic carboxylic acids is 1. The average molecular weight is 509 g/mol. The number of ether oxygens (including phenoxy) is 1. The number of carbonyl (C=O) groups excluding carboxylic acids is 2. The van der Waals surface area contributed by atoms with Crippen LogP contribution in [-0.4, -0.2) is 23.0 Å². The van der Waals surface area contributed by atoms with Crippen molar-refractivity contribution in [3.8, 4) is 0 Å². The molecule has 0 fully saturated rings. The monoisotopic (exact) mass is 508 g/mol. The van der Waals surface area contributed by atoms with Crippen LogP contribution in [0.25, 0.3) is 0 Å². The summed E-state index contributed by atoms with van der Waals surface area (Å²) in [4.78, 5) is 33.5. The molecule has 0 aliphatic heterocycles. The van der Waals surface area contributed by atoms with Crippen LogP contribution in [0.2, 0.25) is 0 Å². The second-order valence-corrected chi connectivity index (χ2v) is 9.73. The number of benzene rings is 1. The smallest absolute Gasteiger partial charge is 0.335 e. The van der Waals surface area contributed by atoms with Gasteiger partial charge in [0.25, 0.3) is 0 Å². The Morgan fingerprint density at radius 1 is 0.722 bits per heavy atom. The molecule has 1 rings (SSSR count). The number of halogens is 1. The van der Waals surface area contributed by atoms with Crippen LogP contribution in [0.4, 0.5) is 4.39 Å². The van der Waals surface area contributed by atoms with E-state index in [-0.39, 0.29) is 17.5 Å². The Hall–Kier alpha value is -2.24. The summed E-state index contributed by atoms with van der Waals surface area (Å²) >= 11 is 0. The molecule has 0 aliphatic carbocycles. The summed E-state index contributed by atoms with van der Waals surface area (Å²) in [6, 6.07) is 4.67. The van der Waals surface area contributed by atoms with Gasteiger partial charge in [0, 0.05) is 12.8 Å². The first kappa shape index (κ1) is 33.8. The molecule has 36 heavy (non-hydrogen) atoms. The first-order valence-electron chi connectivity index (χ1n) is 14.0. The molecule has 1 unspecified atom stereocenters. The van der Waals surface area contributed by atoms with Crippen molar-refractivity contribution in [1.82, 2.24) is 0 Å². The molecule has 0 radical (unpaired) electrons. The van der Waals surface area contributed by atoms with Crippen LogP contribution < -0.4 is 0 Å². The van der Waals surface area contributed by atoms with Gasteiger partial charge in [0.1, 0.15) is 5.82 Å². The Kier molecular flexibility index (Phi) is 21.7. The second kappa shape index (κ2) is 23.2. The molecule has 0 spiro atoms. The van der Waals surface area contributed by atoms with Crippen LogP contribution in [0.15, 0.2) is 24.3 Å². The van der Waals surface area contributed by atoms with Crippen molar-refractivity contribution in [2.45, 2.75) is 130 Å². The summed E-state index contributed by atoms with van der Waals surface area (Å²) in [6.45, 7) is 6.78. The fourth-order valence-electron chi connectivity index (χ4n) is 3.98. The average Bonchev–Trinajstić information content (AvgIpc) is 2.84. The zero-order valence-electron chi connectivity index (χ0n) is 22.9. The normalized spacial score (nSPS) is 11.3. The van der Waals surface area contributed by atoms with E-state index >= 15 is 0 Å². The Labute approximate surface area is 218 Å². The quantitative estimate of drug-likeness (QED) is 0.115. The Balaban J connectivity index is 0.00000101. The number of carboxylic acids is 1. The van der Waals surface area contributed by atoms with Crippen molar-refractivity contribution in [2.24, 2.45) is 5.92 Å². The molecule has 6 heteroatoms. The first-order chi connectivity index (χ1) is 17.3. The van der Waals surface area contributed by atoms with Crippen molar-refractivity contribution in [3.63, 3.8) is 0 Å². The van der Waals surface area contributed by atoms with E-state index in [1.54, 1.807) is 0 Å². The standard InChI is InChI=1S/C23H44O3.C7H5FO2/c1-4-6-7-8-9-10-11-15-19-22(24)26-23(25)20-16-13-12-14-18-21(3)17-5-2;8-6-3-1-5(2-4-6)7(9)10/h21H,4-20H2,1-3H3;1-4H,(H,9,10). The van der Waals surface area contributed by atoms with Crippen molar-refractivity contribution < 1.29 is 28.6 Å². The van der Waals surface area contributed by atoms with E-state index in [4.69, 9.17) is 9.84 Å². The maximum atomic E-state index is 12.2. The Bertz CT molecular complexity index is 702. The number of carbonyl (C=O) groups is 3. The molecule has 0 aromatic heterocycles. The summed E-state index contributed by atoms with van der Waals surface area (Å²) in [5.41, 5.74) is 0.0985. The SMILES string of the molecule is CCCCCCCCCCC(=O)OC(=O)CCCCCCC(C)CCC.O=C(O)c1ccc(F)cc1. The van der Waals surface area contributed by atoms with E-state index in [9.17, 15) is 18.8 Å². The minimum Gasteiger partial charge on any atom is -0.478 e. The molecule has 206 valence electrons. The fraction of sp³-hybridized carbons (Fsp3) is 0.700. The first-order valence-corrected chi connectivity index (χ1v) is 14.0. The van der Waals surface area contributed by atoms with Crippen LogP contribution in [0.5, 0.6) is 0 Å². The van der Waals surface area contributed by atoms with Gasteiger partial charge in [-0.2, -0.15) is 0 Å². The predicted molar refractivity (Wildman–Crippen MR) is 143 cm³/mol. The molecule has 0 saturated carbocycles. The zero-order chi connectivity index (χ0) is 27.0. The lowest BCUT2D eigenvalue weighted by molar-refractivity contribution is -0.159. The zero-order valence-corrected chi connectivity index (χ0v) is 22.9. The molecule has 1 N–H and O–H groups in total. The van der Waals surface area contributed by atoms with Gasteiger partial charge in [-0.3, -0.25) is 9.59 Å². The van der Waals surface area contributed by atoms with Gasteiger partial charge in [0.15, 0.2) is 0 Å². The maximum absolute atomic E-state index is 12.2. The number of unbranched alkanes of at least 4 members (excludes halogenated alkanes) is 10. The van der Waals surface area contributed by atoms with Gasteiger partial charge in [-0.25, -0.2) is 9.18 Å². The Morgan fingerprint density at radius 3 is 1.67 bits per heavy atom. The molecule has 1 aromatic carbocycles. The summed E-state index contributed by atoms with van der Waals surface area (Å²) in [6.07, 6.45) is 18.5. The third-order valence-electron chi connectivity index (χ3n) is 6.16. The van der Waals surface area contributed by atoms with Gasteiger partial charge >= 0.3 is 17.9 Å². The Morgan fingerprint density at radius 2 is 1.19 bits per heavy atom. The molecule has 1 atom stereocenters. The molecule has 0 aliphatic rings. The lowest BCUT2D eigenvalue weighted by atomic mass is 9.98. The summed E-state index contributed by atoms with van der Waals surface area (Å²) in [5, 5.41) is 8.35. The highest BCUT2D eigenvalue weighted by Crippen LogP contribution is 2.16. The van der Waals surface area contributed by atoms with Gasteiger partial charge < -0.3 is 9.84 Å². The highest BCUT2D eigenvalue weighted by molar-refractivity contribution is 5.87. The van der Waals surface area contributed by atoms with Crippen LogP contribution in [0.1, 0.15) is 140 Å². The highest BCUT2D eigenvalue weighted by atomic mass is 19.1. The fourth-order valence-corrected chi connectivity index (χ4v) is 3.98. The van der Waals surface area contributed by atoms with Crippen LogP contribution in [0, 0.1) is 11.7 Å². The molecule has 1 aromatic rings. The van der Waals surface area contributed by atoms with Crippen LogP contribution in [-0.2, 0) is 14.3 Å². The van der Waals surface area contributed by atoms with Gasteiger partial charge in [-0.15, -0.1) is 0 Å². The number of rotatable bonds is 19. The van der Waals surface area contributed by atoms with Gasteiger partial charge in [0.05, 0.1) is 5.56 Å². The predicted octanol–water partition coefficient (Wildman–Crippen LogP) is 8.89. The molecular weight excluding hydrogens is 459 g/mol. The van der Waals surface area contributed by atoms with Gasteiger partial charge in [-0.1, -0.05) is 104 Å². The van der Waals surface area contributed by atoms with Crippen molar-refractivity contribution >= 4 is 17.9 Å². The van der Waals surface area contributed by atoms with Crippen molar-refractivity contribution in [2.75, 3.05) is 0 Å². The van der Waals surface area contributed by atoms with E-state index in [2.05, 4.69) is 20.8 Å². The molecule has 0 bridgehead atoms. The number of carboxylic acid groups (broad SMARTS) is 1. The minimum absolute atomic E-state index is 0.0985. The van der Waals surface area contributed by atoms with E-state index < -0.39 is 11.8 Å². The van der Waals surface area contributed by atoms with Crippen LogP contribution in [0.3, 0.4) is 0 Å². The molecular formula is C30H49FO5. The third-order valence-corrected chi connectivity index (χ3v) is 6.16. The summed E-state index contributed by atoms with van der Waals surface area (Å²) < 4.78 is 17.1. The van der Waals surface area contributed by atoms with E-state index in [1.165, 1.54) is 82.8 Å².